The Bertz CT molecular complexity index is 996. The van der Waals surface area contributed by atoms with Crippen LogP contribution in [-0.4, -0.2) is 37.6 Å². The number of imide groups is 1. The van der Waals surface area contributed by atoms with Gasteiger partial charge in [0.1, 0.15) is 6.54 Å². The molecule has 3 rings (SSSR count). The molecular weight excluding hydrogens is 370 g/mol. The van der Waals surface area contributed by atoms with Gasteiger partial charge in [-0.25, -0.2) is 13.6 Å². The zero-order valence-electron chi connectivity index (χ0n) is 14.4. The number of hydrogen-bond acceptors (Lipinski definition) is 5. The largest absolute Gasteiger partial charge is 0.348 e. The Morgan fingerprint density at radius 1 is 1.04 bits per heavy atom. The molecule has 0 spiro atoms. The summed E-state index contributed by atoms with van der Waals surface area (Å²) >= 11 is 0. The van der Waals surface area contributed by atoms with Crippen molar-refractivity contribution in [2.24, 2.45) is 5.14 Å². The minimum Gasteiger partial charge on any atom is -0.348 e. The van der Waals surface area contributed by atoms with Gasteiger partial charge in [0.25, 0.3) is 11.8 Å². The third-order valence-electron chi connectivity index (χ3n) is 4.27. The lowest BCUT2D eigenvalue weighted by molar-refractivity contribution is -0.122. The normalized spacial score (nSPS) is 14.8. The average Bonchev–Trinajstić information content (AvgIpc) is 2.86. The zero-order chi connectivity index (χ0) is 19.8. The van der Waals surface area contributed by atoms with Crippen LogP contribution in [0.3, 0.4) is 0 Å². The third kappa shape index (κ3) is 3.74. The Kier molecular flexibility index (Phi) is 4.81. The van der Waals surface area contributed by atoms with E-state index in [4.69, 9.17) is 5.14 Å². The second-order valence-electron chi connectivity index (χ2n) is 6.15. The second kappa shape index (κ2) is 6.93. The molecule has 2 aromatic carbocycles. The van der Waals surface area contributed by atoms with Crippen LogP contribution in [-0.2, 0) is 14.8 Å². The molecule has 0 fully saturated rings. The molecule has 0 aromatic heterocycles. The van der Waals surface area contributed by atoms with Crippen LogP contribution in [0.1, 0.15) is 39.2 Å². The molecule has 0 radical (unpaired) electrons. The smallest absolute Gasteiger partial charge is 0.262 e. The van der Waals surface area contributed by atoms with E-state index in [0.717, 1.165) is 4.90 Å². The summed E-state index contributed by atoms with van der Waals surface area (Å²) in [6.45, 7) is 1.30. The third-order valence-corrected chi connectivity index (χ3v) is 5.20. The fourth-order valence-corrected chi connectivity index (χ4v) is 3.36. The molecule has 2 aromatic rings. The first-order valence-electron chi connectivity index (χ1n) is 8.06. The number of carbonyl (C=O) groups is 3. The highest BCUT2D eigenvalue weighted by atomic mass is 32.2. The first-order chi connectivity index (χ1) is 12.7. The van der Waals surface area contributed by atoms with E-state index in [-0.39, 0.29) is 16.0 Å². The fourth-order valence-electron chi connectivity index (χ4n) is 2.84. The molecule has 140 valence electrons. The summed E-state index contributed by atoms with van der Waals surface area (Å²) in [6.07, 6.45) is 0. The molecule has 0 bridgehead atoms. The lowest BCUT2D eigenvalue weighted by Gasteiger charge is -2.18. The van der Waals surface area contributed by atoms with Gasteiger partial charge in [-0.15, -0.1) is 0 Å². The van der Waals surface area contributed by atoms with Crippen LogP contribution in [0.5, 0.6) is 0 Å². The molecule has 0 saturated carbocycles. The number of nitrogens with two attached hydrogens (primary N) is 1. The Labute approximate surface area is 156 Å². The van der Waals surface area contributed by atoms with Crippen LogP contribution in [0.4, 0.5) is 0 Å². The van der Waals surface area contributed by atoms with E-state index in [0.29, 0.717) is 5.56 Å². The van der Waals surface area contributed by atoms with Gasteiger partial charge >= 0.3 is 0 Å². The maximum Gasteiger partial charge on any atom is 0.262 e. The summed E-state index contributed by atoms with van der Waals surface area (Å²) in [5.74, 6) is -1.51. The van der Waals surface area contributed by atoms with Crippen molar-refractivity contribution >= 4 is 27.7 Å². The van der Waals surface area contributed by atoms with Crippen molar-refractivity contribution in [3.05, 3.63) is 65.2 Å². The minimum absolute atomic E-state index is 0.0317. The molecule has 3 N–H and O–H groups in total. The topological polar surface area (TPSA) is 127 Å². The van der Waals surface area contributed by atoms with Gasteiger partial charge in [0.05, 0.1) is 22.1 Å². The highest BCUT2D eigenvalue weighted by Gasteiger charge is 2.36. The van der Waals surface area contributed by atoms with Crippen molar-refractivity contribution in [3.8, 4) is 0 Å². The van der Waals surface area contributed by atoms with E-state index in [1.54, 1.807) is 31.2 Å². The molecule has 1 aliphatic rings. The molecular formula is C18H17N3O5S. The molecule has 8 nitrogen and oxygen atoms in total. The number of benzene rings is 2. The fraction of sp³-hybridized carbons (Fsp3) is 0.167. The number of sulfonamides is 1. The highest BCUT2D eigenvalue weighted by molar-refractivity contribution is 7.89. The lowest BCUT2D eigenvalue weighted by Crippen LogP contribution is -2.41. The Hall–Kier alpha value is -3.04. The summed E-state index contributed by atoms with van der Waals surface area (Å²) in [5, 5.41) is 7.73. The van der Waals surface area contributed by atoms with Gasteiger partial charge in [-0.1, -0.05) is 24.3 Å². The maximum absolute atomic E-state index is 12.3. The number of carbonyl (C=O) groups excluding carboxylic acids is 3. The van der Waals surface area contributed by atoms with Crippen LogP contribution in [0.25, 0.3) is 0 Å². The molecule has 1 unspecified atom stereocenters. The second-order valence-corrected chi connectivity index (χ2v) is 7.71. The number of nitrogens with one attached hydrogen (secondary N) is 1. The molecule has 0 saturated heterocycles. The van der Waals surface area contributed by atoms with E-state index in [1.807, 2.05) is 0 Å². The number of amides is 3. The summed E-state index contributed by atoms with van der Waals surface area (Å²) < 4.78 is 22.6. The van der Waals surface area contributed by atoms with Crippen molar-refractivity contribution < 1.29 is 22.8 Å². The minimum atomic E-state index is -3.79. The molecule has 1 aliphatic heterocycles. The SMILES string of the molecule is CC(NC(=O)CN1C(=O)c2ccccc2C1=O)c1ccc(S(N)(=O)=O)cc1. The van der Waals surface area contributed by atoms with Crippen LogP contribution < -0.4 is 10.5 Å². The van der Waals surface area contributed by atoms with Gasteiger partial charge in [0, 0.05) is 0 Å². The van der Waals surface area contributed by atoms with E-state index in [2.05, 4.69) is 5.32 Å². The maximum atomic E-state index is 12.3. The van der Waals surface area contributed by atoms with Gasteiger partial charge in [0.2, 0.25) is 15.9 Å². The monoisotopic (exact) mass is 387 g/mol. The van der Waals surface area contributed by atoms with Gasteiger partial charge in [-0.3, -0.25) is 19.3 Å². The molecule has 1 heterocycles. The van der Waals surface area contributed by atoms with E-state index in [9.17, 15) is 22.8 Å². The number of fused-ring (bicyclic) bond motifs is 1. The zero-order valence-corrected chi connectivity index (χ0v) is 15.2. The van der Waals surface area contributed by atoms with Crippen LogP contribution in [0, 0.1) is 0 Å². The predicted octanol–water partition coefficient (Wildman–Crippen LogP) is 0.807. The summed E-state index contributed by atoms with van der Waals surface area (Å²) in [6, 6.07) is 11.7. The van der Waals surface area contributed by atoms with Crippen molar-refractivity contribution in [3.63, 3.8) is 0 Å². The lowest BCUT2D eigenvalue weighted by atomic mass is 10.1. The Morgan fingerprint density at radius 3 is 2.04 bits per heavy atom. The van der Waals surface area contributed by atoms with Crippen molar-refractivity contribution in [1.82, 2.24) is 10.2 Å². The summed E-state index contributed by atoms with van der Waals surface area (Å²) in [5.41, 5.74) is 1.21. The van der Waals surface area contributed by atoms with Crippen LogP contribution >= 0.6 is 0 Å². The first kappa shape index (κ1) is 18.7. The molecule has 3 amide bonds. The van der Waals surface area contributed by atoms with Gasteiger partial charge in [0.15, 0.2) is 0 Å². The molecule has 9 heteroatoms. The van der Waals surface area contributed by atoms with Crippen molar-refractivity contribution in [2.75, 3.05) is 6.54 Å². The molecule has 27 heavy (non-hydrogen) atoms. The quantitative estimate of drug-likeness (QED) is 0.734. The van der Waals surface area contributed by atoms with E-state index >= 15 is 0 Å². The standard InChI is InChI=1S/C18H17N3O5S/c1-11(12-6-8-13(9-7-12)27(19,25)26)20-16(22)10-21-17(23)14-4-2-3-5-15(14)18(21)24/h2-9,11H,10H2,1H3,(H,20,22)(H2,19,25,26). The van der Waals surface area contributed by atoms with Gasteiger partial charge in [-0.2, -0.15) is 0 Å². The van der Waals surface area contributed by atoms with Crippen molar-refractivity contribution in [2.45, 2.75) is 17.9 Å². The first-order valence-corrected chi connectivity index (χ1v) is 9.60. The van der Waals surface area contributed by atoms with Gasteiger partial charge in [-0.05, 0) is 36.8 Å². The Morgan fingerprint density at radius 2 is 1.56 bits per heavy atom. The summed E-state index contributed by atoms with van der Waals surface area (Å²) in [7, 11) is -3.79. The van der Waals surface area contributed by atoms with E-state index in [1.165, 1.54) is 24.3 Å². The highest BCUT2D eigenvalue weighted by Crippen LogP contribution is 2.22. The number of primary sulfonamides is 1. The molecule has 1 atom stereocenters. The van der Waals surface area contributed by atoms with Gasteiger partial charge < -0.3 is 5.32 Å². The van der Waals surface area contributed by atoms with Crippen LogP contribution in [0.15, 0.2) is 53.4 Å². The van der Waals surface area contributed by atoms with E-state index < -0.39 is 40.3 Å². The average molecular weight is 387 g/mol. The summed E-state index contributed by atoms with van der Waals surface area (Å²) in [4.78, 5) is 37.7. The predicted molar refractivity (Wildman–Crippen MR) is 96.2 cm³/mol. The number of nitrogens with zero attached hydrogens (tertiary/aromatic N) is 1. The van der Waals surface area contributed by atoms with Crippen LogP contribution in [0.2, 0.25) is 0 Å². The van der Waals surface area contributed by atoms with Crippen molar-refractivity contribution in [1.29, 1.82) is 0 Å². The molecule has 0 aliphatic carbocycles. The Balaban J connectivity index is 1.66. The number of rotatable bonds is 5. The number of hydrogen-bond donors (Lipinski definition) is 2.